The highest BCUT2D eigenvalue weighted by molar-refractivity contribution is 5.86. The third-order valence-corrected chi connectivity index (χ3v) is 1.98. The molecule has 0 atom stereocenters. The minimum atomic E-state index is 0.399. The fraction of sp³-hybridized carbons (Fsp3) is 0.100. The number of hydrogen-bond donors (Lipinski definition) is 2. The number of nitrogens with one attached hydrogen (secondary N) is 1. The van der Waals surface area contributed by atoms with E-state index in [4.69, 9.17) is 14.4 Å². The van der Waals surface area contributed by atoms with E-state index in [0.717, 1.165) is 17.5 Å². The molecule has 0 aliphatic rings. The first-order valence-corrected chi connectivity index (χ1v) is 4.34. The first-order chi connectivity index (χ1) is 7.35. The van der Waals surface area contributed by atoms with Crippen molar-refractivity contribution in [1.82, 2.24) is 5.48 Å². The van der Waals surface area contributed by atoms with Gasteiger partial charge in [-0.1, -0.05) is 6.07 Å². The molecule has 1 aromatic heterocycles. The van der Waals surface area contributed by atoms with Crippen LogP contribution in [0.25, 0.3) is 11.0 Å². The van der Waals surface area contributed by atoms with Crippen molar-refractivity contribution in [3.05, 3.63) is 24.3 Å². The van der Waals surface area contributed by atoms with Crippen molar-refractivity contribution < 1.29 is 14.4 Å². The van der Waals surface area contributed by atoms with Gasteiger partial charge in [-0.15, -0.1) is 0 Å². The van der Waals surface area contributed by atoms with Crippen molar-refractivity contribution >= 4 is 23.2 Å². The van der Waals surface area contributed by atoms with E-state index in [1.807, 2.05) is 18.2 Å². The number of fused-ring (bicyclic) bond motifs is 1. The summed E-state index contributed by atoms with van der Waals surface area (Å²) in [5.74, 6) is 1.13. The van der Waals surface area contributed by atoms with Crippen molar-refractivity contribution in [2.45, 2.75) is 0 Å². The first kappa shape index (κ1) is 9.54. The summed E-state index contributed by atoms with van der Waals surface area (Å²) >= 11 is 0. The second kappa shape index (κ2) is 4.02. The molecule has 2 N–H and O–H groups in total. The van der Waals surface area contributed by atoms with Gasteiger partial charge in [-0.05, 0) is 12.1 Å². The smallest absolute Gasteiger partial charge is 0.221 e. The predicted molar refractivity (Wildman–Crippen MR) is 55.8 cm³/mol. The molecule has 0 saturated heterocycles. The van der Waals surface area contributed by atoms with Gasteiger partial charge in [0.2, 0.25) is 5.88 Å². The summed E-state index contributed by atoms with van der Waals surface area (Å²) in [6, 6.07) is 7.24. The van der Waals surface area contributed by atoms with Crippen molar-refractivity contribution in [3.8, 4) is 5.75 Å². The molecule has 2 rings (SSSR count). The molecule has 5 heteroatoms. The Morgan fingerprint density at radius 2 is 2.40 bits per heavy atom. The molecule has 0 unspecified atom stereocenters. The van der Waals surface area contributed by atoms with E-state index in [0.29, 0.717) is 11.5 Å². The molecular formula is C10H10N2O3. The third-order valence-electron chi connectivity index (χ3n) is 1.98. The zero-order valence-electron chi connectivity index (χ0n) is 8.10. The molecule has 0 bridgehead atoms. The van der Waals surface area contributed by atoms with Gasteiger partial charge in [-0.25, -0.2) is 4.99 Å². The van der Waals surface area contributed by atoms with Gasteiger partial charge in [-0.2, -0.15) is 0 Å². The number of nitrogens with zero attached hydrogens (tertiary/aromatic N) is 1. The largest absolute Gasteiger partial charge is 0.496 e. The summed E-state index contributed by atoms with van der Waals surface area (Å²) in [6.07, 6.45) is 1.13. The van der Waals surface area contributed by atoms with E-state index in [9.17, 15) is 0 Å². The lowest BCUT2D eigenvalue weighted by molar-refractivity contribution is 0.239. The van der Waals surface area contributed by atoms with Crippen LogP contribution in [0.3, 0.4) is 0 Å². The molecule has 0 aliphatic heterocycles. The Bertz CT molecular complexity index is 490. The van der Waals surface area contributed by atoms with E-state index in [2.05, 4.69) is 4.99 Å². The van der Waals surface area contributed by atoms with Crippen LogP contribution in [0.5, 0.6) is 5.75 Å². The van der Waals surface area contributed by atoms with Crippen LogP contribution in [0.1, 0.15) is 0 Å². The molecule has 0 radical (unpaired) electrons. The average molecular weight is 206 g/mol. The topological polar surface area (TPSA) is 67.0 Å². The molecule has 78 valence electrons. The van der Waals surface area contributed by atoms with Crippen LogP contribution in [0.15, 0.2) is 33.7 Å². The van der Waals surface area contributed by atoms with Gasteiger partial charge < -0.3 is 9.15 Å². The number of rotatable bonds is 3. The van der Waals surface area contributed by atoms with Gasteiger partial charge in [0.25, 0.3) is 0 Å². The zero-order chi connectivity index (χ0) is 10.7. The average Bonchev–Trinajstić information content (AvgIpc) is 2.68. The van der Waals surface area contributed by atoms with Crippen molar-refractivity contribution in [1.29, 1.82) is 0 Å². The van der Waals surface area contributed by atoms with Crippen molar-refractivity contribution in [2.24, 2.45) is 4.99 Å². The highest BCUT2D eigenvalue weighted by atomic mass is 16.5. The van der Waals surface area contributed by atoms with Crippen LogP contribution in [0.4, 0.5) is 5.88 Å². The first-order valence-electron chi connectivity index (χ1n) is 4.34. The summed E-state index contributed by atoms with van der Waals surface area (Å²) in [6.45, 7) is 0. The van der Waals surface area contributed by atoms with E-state index < -0.39 is 0 Å². The Hall–Kier alpha value is -2.01. The molecule has 5 nitrogen and oxygen atoms in total. The lowest BCUT2D eigenvalue weighted by Gasteiger charge is -1.97. The van der Waals surface area contributed by atoms with Gasteiger partial charge >= 0.3 is 0 Å². The molecule has 0 aliphatic carbocycles. The summed E-state index contributed by atoms with van der Waals surface area (Å²) in [5.41, 5.74) is 2.50. The molecule has 0 saturated carbocycles. The predicted octanol–water partition coefficient (Wildman–Crippen LogP) is 2.08. The molecule has 1 aromatic carbocycles. The maximum absolute atomic E-state index is 8.34. The molecular weight excluding hydrogens is 196 g/mol. The minimum Gasteiger partial charge on any atom is -0.496 e. The van der Waals surface area contributed by atoms with Crippen LogP contribution < -0.4 is 10.2 Å². The maximum atomic E-state index is 8.34. The summed E-state index contributed by atoms with van der Waals surface area (Å²) in [5, 5.41) is 9.19. The Morgan fingerprint density at radius 3 is 3.13 bits per heavy atom. The van der Waals surface area contributed by atoms with Crippen LogP contribution in [-0.2, 0) is 0 Å². The van der Waals surface area contributed by atoms with E-state index in [-0.39, 0.29) is 0 Å². The standard InChI is InChI=1S/C10H10N2O3/c1-14-8-3-2-4-9-7(8)5-10(15-9)11-6-12-13/h2-6,13H,1H3,(H,11,12). The van der Waals surface area contributed by atoms with Crippen molar-refractivity contribution in [3.63, 3.8) is 0 Å². The second-order valence-electron chi connectivity index (χ2n) is 2.84. The maximum Gasteiger partial charge on any atom is 0.221 e. The number of methoxy groups -OCH3 is 1. The Kier molecular flexibility index (Phi) is 2.55. The minimum absolute atomic E-state index is 0.399. The van der Waals surface area contributed by atoms with Gasteiger partial charge in [0, 0.05) is 6.07 Å². The van der Waals surface area contributed by atoms with Gasteiger partial charge in [0.15, 0.2) is 0 Å². The molecule has 1 heterocycles. The van der Waals surface area contributed by atoms with Gasteiger partial charge in [0.1, 0.15) is 17.7 Å². The quantitative estimate of drug-likeness (QED) is 0.458. The normalized spacial score (nSPS) is 11.1. The second-order valence-corrected chi connectivity index (χ2v) is 2.84. The molecule has 2 aromatic rings. The summed E-state index contributed by atoms with van der Waals surface area (Å²) in [7, 11) is 1.60. The Morgan fingerprint density at radius 1 is 1.53 bits per heavy atom. The highest BCUT2D eigenvalue weighted by Crippen LogP contribution is 2.31. The van der Waals surface area contributed by atoms with Crippen molar-refractivity contribution in [2.75, 3.05) is 7.11 Å². The van der Waals surface area contributed by atoms with E-state index >= 15 is 0 Å². The monoisotopic (exact) mass is 206 g/mol. The third kappa shape index (κ3) is 1.77. The Labute approximate surface area is 85.9 Å². The van der Waals surface area contributed by atoms with Gasteiger partial charge in [-0.3, -0.25) is 10.7 Å². The molecule has 0 amide bonds. The fourth-order valence-electron chi connectivity index (χ4n) is 1.35. The summed E-state index contributed by atoms with van der Waals surface area (Å²) < 4.78 is 10.6. The number of furan rings is 1. The van der Waals surface area contributed by atoms with E-state index in [1.54, 1.807) is 18.7 Å². The van der Waals surface area contributed by atoms with Crippen LogP contribution >= 0.6 is 0 Å². The van der Waals surface area contributed by atoms with Crippen LogP contribution in [0.2, 0.25) is 0 Å². The number of ether oxygens (including phenoxy) is 1. The lowest BCUT2D eigenvalue weighted by atomic mass is 10.2. The highest BCUT2D eigenvalue weighted by Gasteiger charge is 2.06. The lowest BCUT2D eigenvalue weighted by Crippen LogP contribution is -2.00. The molecule has 15 heavy (non-hydrogen) atoms. The number of hydrogen-bond acceptors (Lipinski definition) is 4. The summed E-state index contributed by atoms with van der Waals surface area (Å²) in [4.78, 5) is 3.83. The van der Waals surface area contributed by atoms with Crippen LogP contribution in [-0.4, -0.2) is 18.7 Å². The Balaban J connectivity index is 2.50. The molecule has 0 fully saturated rings. The number of benzene rings is 1. The fourth-order valence-corrected chi connectivity index (χ4v) is 1.35. The molecule has 0 spiro atoms. The number of aliphatic imine (C=N–C) groups is 1. The van der Waals surface area contributed by atoms with Crippen LogP contribution in [0, 0.1) is 0 Å². The number of hydroxylamine groups is 1. The van der Waals surface area contributed by atoms with Gasteiger partial charge in [0.05, 0.1) is 12.5 Å². The zero-order valence-corrected chi connectivity index (χ0v) is 8.10. The van der Waals surface area contributed by atoms with E-state index in [1.165, 1.54) is 0 Å². The SMILES string of the molecule is COc1cccc2oc(N=CNO)cc12.